The van der Waals surface area contributed by atoms with E-state index in [2.05, 4.69) is 15.5 Å². The zero-order chi connectivity index (χ0) is 18.8. The molecule has 2 aromatic rings. The molecule has 1 aromatic heterocycles. The predicted octanol–water partition coefficient (Wildman–Crippen LogP) is 4.56. The molecule has 0 spiro atoms. The molecule has 1 aliphatic carbocycles. The molecular weight excluding hydrogens is 402 g/mol. The summed E-state index contributed by atoms with van der Waals surface area (Å²) in [5.74, 6) is 2.19. The molecule has 0 bridgehead atoms. The van der Waals surface area contributed by atoms with E-state index >= 15 is 0 Å². The molecule has 1 saturated carbocycles. The minimum Gasteiger partial charge on any atom is -0.369 e. The highest BCUT2D eigenvalue weighted by Crippen LogP contribution is 2.33. The molecule has 0 radical (unpaired) electrons. The van der Waals surface area contributed by atoms with Crippen molar-refractivity contribution < 1.29 is 9.59 Å². The fraction of sp³-hybridized carbons (Fsp3) is 0.368. The van der Waals surface area contributed by atoms with E-state index in [-0.39, 0.29) is 17.7 Å². The summed E-state index contributed by atoms with van der Waals surface area (Å²) in [5, 5.41) is 7.09. The van der Waals surface area contributed by atoms with E-state index in [1.807, 2.05) is 23.9 Å². The first-order valence-corrected chi connectivity index (χ1v) is 11.3. The Labute approximate surface area is 171 Å². The summed E-state index contributed by atoms with van der Waals surface area (Å²) < 4.78 is 0. The third kappa shape index (κ3) is 4.59. The second kappa shape index (κ2) is 8.12. The van der Waals surface area contributed by atoms with Crippen LogP contribution in [0.4, 0.5) is 16.4 Å². The number of thiophene rings is 1. The molecule has 2 amide bonds. The first-order chi connectivity index (χ1) is 13.1. The molecule has 142 valence electrons. The van der Waals surface area contributed by atoms with Gasteiger partial charge in [0.05, 0.1) is 20.6 Å². The molecular formula is C19H20ClN3O2S2. The van der Waals surface area contributed by atoms with Crippen LogP contribution in [-0.2, 0) is 4.79 Å². The van der Waals surface area contributed by atoms with Crippen molar-refractivity contribution >= 4 is 62.9 Å². The van der Waals surface area contributed by atoms with Gasteiger partial charge in [-0.2, -0.15) is 11.8 Å². The van der Waals surface area contributed by atoms with Gasteiger partial charge >= 0.3 is 0 Å². The third-order valence-corrected chi connectivity index (χ3v) is 6.83. The average Bonchev–Trinajstić information content (AvgIpc) is 3.42. The van der Waals surface area contributed by atoms with Gasteiger partial charge in [0, 0.05) is 36.2 Å². The number of anilines is 3. The summed E-state index contributed by atoms with van der Waals surface area (Å²) in [4.78, 5) is 27.1. The van der Waals surface area contributed by atoms with Crippen molar-refractivity contribution in [3.8, 4) is 0 Å². The lowest BCUT2D eigenvalue weighted by atomic mass is 10.2. The molecule has 2 fully saturated rings. The monoisotopic (exact) mass is 421 g/mol. The SMILES string of the molecule is O=C(Nc1ccc(N2CCSCC2)c(Cl)c1)c1ccc(NC(=O)C2CC2)s1. The molecule has 1 aliphatic heterocycles. The number of hydrogen-bond donors (Lipinski definition) is 2. The molecule has 4 rings (SSSR count). The standard InChI is InChI=1S/C19H20ClN3O2S2/c20-14-11-13(3-4-15(14)23-7-9-26-10-8-23)21-19(25)16-5-6-17(27-16)22-18(24)12-1-2-12/h3-6,11-12H,1-2,7-10H2,(H,21,25)(H,22,24). The van der Waals surface area contributed by atoms with E-state index < -0.39 is 0 Å². The summed E-state index contributed by atoms with van der Waals surface area (Å²) >= 11 is 9.67. The number of carbonyl (C=O) groups excluding carboxylic acids is 2. The smallest absolute Gasteiger partial charge is 0.265 e. The number of amides is 2. The zero-order valence-corrected chi connectivity index (χ0v) is 17.1. The number of nitrogens with one attached hydrogen (secondary N) is 2. The average molecular weight is 422 g/mol. The number of nitrogens with zero attached hydrogens (tertiary/aromatic N) is 1. The summed E-state index contributed by atoms with van der Waals surface area (Å²) in [6, 6.07) is 9.13. The van der Waals surface area contributed by atoms with Crippen LogP contribution in [0.25, 0.3) is 0 Å². The van der Waals surface area contributed by atoms with Crippen LogP contribution in [0.2, 0.25) is 5.02 Å². The summed E-state index contributed by atoms with van der Waals surface area (Å²) in [5.41, 5.74) is 1.67. The third-order valence-electron chi connectivity index (χ3n) is 4.58. The first-order valence-electron chi connectivity index (χ1n) is 8.94. The quantitative estimate of drug-likeness (QED) is 0.743. The Morgan fingerprint density at radius 2 is 1.85 bits per heavy atom. The topological polar surface area (TPSA) is 61.4 Å². The van der Waals surface area contributed by atoms with Gasteiger partial charge in [-0.3, -0.25) is 9.59 Å². The first kappa shape index (κ1) is 18.7. The van der Waals surface area contributed by atoms with Crippen LogP contribution in [0.1, 0.15) is 22.5 Å². The van der Waals surface area contributed by atoms with Gasteiger partial charge in [-0.05, 0) is 43.2 Å². The van der Waals surface area contributed by atoms with E-state index in [1.54, 1.807) is 18.2 Å². The van der Waals surface area contributed by atoms with Gasteiger partial charge in [0.2, 0.25) is 5.91 Å². The fourth-order valence-corrected chi connectivity index (χ4v) is 4.94. The second-order valence-corrected chi connectivity index (χ2v) is 9.36. The van der Waals surface area contributed by atoms with Crippen LogP contribution in [0.5, 0.6) is 0 Å². The Kier molecular flexibility index (Phi) is 5.61. The van der Waals surface area contributed by atoms with E-state index in [9.17, 15) is 9.59 Å². The lowest BCUT2D eigenvalue weighted by Crippen LogP contribution is -2.32. The number of halogens is 1. The van der Waals surface area contributed by atoms with Crippen LogP contribution in [0.15, 0.2) is 30.3 Å². The zero-order valence-electron chi connectivity index (χ0n) is 14.7. The van der Waals surface area contributed by atoms with Crippen molar-refractivity contribution in [2.24, 2.45) is 5.92 Å². The Balaban J connectivity index is 1.39. The van der Waals surface area contributed by atoms with E-state index in [0.29, 0.717) is 20.6 Å². The van der Waals surface area contributed by atoms with Gasteiger partial charge < -0.3 is 15.5 Å². The van der Waals surface area contributed by atoms with Crippen LogP contribution >= 0.6 is 34.7 Å². The van der Waals surface area contributed by atoms with Crippen molar-refractivity contribution in [3.05, 3.63) is 40.2 Å². The predicted molar refractivity (Wildman–Crippen MR) is 115 cm³/mol. The normalized spacial score (nSPS) is 16.9. The lowest BCUT2D eigenvalue weighted by molar-refractivity contribution is -0.117. The second-order valence-electron chi connectivity index (χ2n) is 6.65. The number of hydrogen-bond acceptors (Lipinski definition) is 5. The number of carbonyl (C=O) groups is 2. The molecule has 5 nitrogen and oxygen atoms in total. The molecule has 2 N–H and O–H groups in total. The Bertz CT molecular complexity index is 860. The van der Waals surface area contributed by atoms with Gasteiger partial charge in [-0.25, -0.2) is 0 Å². The number of rotatable bonds is 5. The minimum atomic E-state index is -0.204. The van der Waals surface area contributed by atoms with E-state index in [1.165, 1.54) is 11.3 Å². The van der Waals surface area contributed by atoms with Crippen molar-refractivity contribution in [2.45, 2.75) is 12.8 Å². The van der Waals surface area contributed by atoms with Crippen molar-refractivity contribution in [2.75, 3.05) is 40.1 Å². The maximum absolute atomic E-state index is 12.5. The molecule has 0 atom stereocenters. The highest BCUT2D eigenvalue weighted by atomic mass is 35.5. The lowest BCUT2D eigenvalue weighted by Gasteiger charge is -2.29. The largest absolute Gasteiger partial charge is 0.369 e. The molecule has 1 aromatic carbocycles. The maximum atomic E-state index is 12.5. The Morgan fingerprint density at radius 1 is 1.07 bits per heavy atom. The van der Waals surface area contributed by atoms with Gasteiger partial charge in [0.1, 0.15) is 0 Å². The van der Waals surface area contributed by atoms with Crippen LogP contribution in [0, 0.1) is 5.92 Å². The van der Waals surface area contributed by atoms with E-state index in [0.717, 1.165) is 43.1 Å². The van der Waals surface area contributed by atoms with Crippen molar-refractivity contribution in [3.63, 3.8) is 0 Å². The fourth-order valence-electron chi connectivity index (χ4n) is 2.93. The molecule has 8 heteroatoms. The minimum absolute atomic E-state index is 0.0438. The summed E-state index contributed by atoms with van der Waals surface area (Å²) in [6.45, 7) is 1.97. The van der Waals surface area contributed by atoms with Gasteiger partial charge in [0.25, 0.3) is 5.91 Å². The molecule has 27 heavy (non-hydrogen) atoms. The highest BCUT2D eigenvalue weighted by Gasteiger charge is 2.29. The van der Waals surface area contributed by atoms with Crippen molar-refractivity contribution in [1.82, 2.24) is 0 Å². The van der Waals surface area contributed by atoms with Gasteiger partial charge in [-0.15, -0.1) is 11.3 Å². The molecule has 0 unspecified atom stereocenters. The van der Waals surface area contributed by atoms with Gasteiger partial charge in [-0.1, -0.05) is 11.6 Å². The maximum Gasteiger partial charge on any atom is 0.265 e. The molecule has 2 heterocycles. The van der Waals surface area contributed by atoms with Crippen molar-refractivity contribution in [1.29, 1.82) is 0 Å². The Morgan fingerprint density at radius 3 is 2.56 bits per heavy atom. The molecule has 1 saturated heterocycles. The van der Waals surface area contributed by atoms with E-state index in [4.69, 9.17) is 11.6 Å². The summed E-state index contributed by atoms with van der Waals surface area (Å²) in [7, 11) is 0. The summed E-state index contributed by atoms with van der Waals surface area (Å²) in [6.07, 6.45) is 1.91. The van der Waals surface area contributed by atoms with Crippen LogP contribution in [0.3, 0.4) is 0 Å². The van der Waals surface area contributed by atoms with Crippen LogP contribution in [-0.4, -0.2) is 36.4 Å². The highest BCUT2D eigenvalue weighted by molar-refractivity contribution is 7.99. The van der Waals surface area contributed by atoms with Crippen LogP contribution < -0.4 is 15.5 Å². The Hall–Kier alpha value is -1.70. The number of thioether (sulfide) groups is 1. The van der Waals surface area contributed by atoms with Gasteiger partial charge in [0.15, 0.2) is 0 Å². The molecule has 2 aliphatic rings. The number of benzene rings is 1.